The Morgan fingerprint density at radius 1 is 0.268 bits per heavy atom. The number of rotatable bonds is 2. The smallest absolute Gasteiger partial charge is 0.304 e. The molecule has 0 fully saturated rings. The Kier molecular flexibility index (Phi) is 2.28. The van der Waals surface area contributed by atoms with Crippen LogP contribution in [0.3, 0.4) is 0 Å². The normalized spacial score (nSPS) is 21.5. The van der Waals surface area contributed by atoms with E-state index in [0.717, 1.165) is 0 Å². The molecular formula is C69H10O2. The topological polar surface area (TPSA) is 26.3 Å². The minimum Gasteiger partial charge on any atom is -0.444 e. The molecule has 0 heterocycles. The van der Waals surface area contributed by atoms with E-state index in [-0.39, 0.29) is 5.97 Å². The summed E-state index contributed by atoms with van der Waals surface area (Å²) in [7, 11) is 0. The highest BCUT2D eigenvalue weighted by Crippen LogP contribution is 2.84. The summed E-state index contributed by atoms with van der Waals surface area (Å²) in [6, 6.07) is 9.91. The van der Waals surface area contributed by atoms with Crippen LogP contribution in [0.2, 0.25) is 0 Å². The van der Waals surface area contributed by atoms with Crippen LogP contribution in [0.5, 0.6) is 0 Å². The lowest BCUT2D eigenvalue weighted by atomic mass is 9.55. The molecule has 2 nitrogen and oxygen atoms in total. The van der Waals surface area contributed by atoms with Gasteiger partial charge in [-0.05, 0) is 304 Å². The lowest BCUT2D eigenvalue weighted by Gasteiger charge is -2.48. The minimum absolute atomic E-state index is 0.172. The Balaban J connectivity index is 1.21. The summed E-state index contributed by atoms with van der Waals surface area (Å²) >= 11 is 0. The molecule has 33 rings (SSSR count). The molecule has 28 aromatic carbocycles. The maximum Gasteiger partial charge on any atom is 0.304 e. The molecule has 2 heteroatoms. The van der Waals surface area contributed by atoms with Crippen molar-refractivity contribution in [2.75, 3.05) is 0 Å². The molecule has 0 saturated carbocycles. The molecular weight excluding hydrogens is 861 g/mol. The highest BCUT2D eigenvalue weighted by molar-refractivity contribution is 6.81. The van der Waals surface area contributed by atoms with Gasteiger partial charge in [0.15, 0.2) is 5.60 Å². The maximum absolute atomic E-state index is 15.0. The van der Waals surface area contributed by atoms with Gasteiger partial charge in [0.1, 0.15) is 0 Å². The molecule has 28 aromatic rings. The van der Waals surface area contributed by atoms with Gasteiger partial charge in [-0.1, -0.05) is 29.8 Å². The molecule has 0 saturated heterocycles. The zero-order chi connectivity index (χ0) is 42.8. The number of esters is 1. The summed E-state index contributed by atoms with van der Waals surface area (Å²) in [5.74, 6) is -0.172. The summed E-state index contributed by atoms with van der Waals surface area (Å²) in [4.78, 5) is 15.0. The van der Waals surface area contributed by atoms with E-state index in [1.165, 1.54) is 147 Å². The Bertz CT molecular complexity index is 7520. The van der Waals surface area contributed by atoms with Crippen molar-refractivity contribution in [2.24, 2.45) is 0 Å². The van der Waals surface area contributed by atoms with Gasteiger partial charge in [-0.15, -0.1) is 0 Å². The van der Waals surface area contributed by atoms with E-state index < -0.39 is 11.0 Å². The molecule has 0 N–H and O–H groups in total. The van der Waals surface area contributed by atoms with Crippen LogP contribution in [0.25, 0.3) is 280 Å². The Morgan fingerprint density at radius 2 is 0.465 bits per heavy atom. The van der Waals surface area contributed by atoms with E-state index in [1.807, 2.05) is 0 Å². The Morgan fingerprint density at radius 3 is 0.775 bits per heavy atom. The predicted molar refractivity (Wildman–Crippen MR) is 294 cm³/mol. The van der Waals surface area contributed by atoms with Gasteiger partial charge in [0.25, 0.3) is 0 Å². The highest BCUT2D eigenvalue weighted by Gasteiger charge is 2.68. The van der Waals surface area contributed by atoms with Crippen molar-refractivity contribution in [3.05, 3.63) is 68.8 Å². The minimum atomic E-state index is -1.08. The molecule has 0 aliphatic heterocycles. The van der Waals surface area contributed by atoms with Gasteiger partial charge in [0.2, 0.25) is 0 Å². The van der Waals surface area contributed by atoms with Crippen molar-refractivity contribution in [3.8, 4) is 0 Å². The SMILES string of the molecule is CC(=O)OC12c3c4c5c6c7c8c9c%10c(c1c1c%11c2c2c%12c3c5c3c5c%12c%12c2c2c%11c%11c%13c1c%10c1c%10c9c9c7c7c6c3c3c5c5c%12c6c2c%11c2c(c%131)c1c%10c9c9c7c3c3c9c1c2c6c53)C48c1ccc(C)cc1. The van der Waals surface area contributed by atoms with Crippen LogP contribution in [-0.4, -0.2) is 5.97 Å². The van der Waals surface area contributed by atoms with E-state index in [1.54, 1.807) is 185 Å². The fourth-order valence-electron chi connectivity index (χ4n) is 24.8. The van der Waals surface area contributed by atoms with Gasteiger partial charge in [0.05, 0.1) is 5.41 Å². The number of ether oxygens (including phenoxy) is 1. The van der Waals surface area contributed by atoms with Crippen LogP contribution < -0.4 is 0 Å². The monoisotopic (exact) mass is 870 g/mol. The van der Waals surface area contributed by atoms with Crippen molar-refractivity contribution >= 4 is 286 Å². The summed E-state index contributed by atoms with van der Waals surface area (Å²) in [5.41, 5.74) is 9.53. The van der Waals surface area contributed by atoms with Crippen molar-refractivity contribution < 1.29 is 9.53 Å². The lowest BCUT2D eigenvalue weighted by molar-refractivity contribution is -0.150. The largest absolute Gasteiger partial charge is 0.444 e. The lowest BCUT2D eigenvalue weighted by Crippen LogP contribution is -2.45. The molecule has 0 aromatic heterocycles. The molecule has 0 spiro atoms. The quantitative estimate of drug-likeness (QED) is 0.128. The van der Waals surface area contributed by atoms with Crippen molar-refractivity contribution in [3.63, 3.8) is 0 Å². The van der Waals surface area contributed by atoms with Crippen LogP contribution >= 0.6 is 0 Å². The number of hydrogen-bond donors (Lipinski definition) is 0. The Labute approximate surface area is 387 Å². The molecule has 2 atom stereocenters. The molecule has 5 aliphatic rings. The summed E-state index contributed by atoms with van der Waals surface area (Å²) in [6.45, 7) is 4.00. The third-order valence-electron chi connectivity index (χ3n) is 25.0. The van der Waals surface area contributed by atoms with E-state index in [4.69, 9.17) is 4.74 Å². The van der Waals surface area contributed by atoms with Gasteiger partial charge in [-0.2, -0.15) is 0 Å². The number of benzene rings is 18. The van der Waals surface area contributed by atoms with Crippen molar-refractivity contribution in [2.45, 2.75) is 24.9 Å². The average Bonchev–Trinajstić information content (AvgIpc) is 4.31. The zero-order valence-corrected chi connectivity index (χ0v) is 36.6. The second-order valence-corrected chi connectivity index (χ2v) is 25.6. The average molecular weight is 871 g/mol. The predicted octanol–water partition coefficient (Wildman–Crippen LogP) is 17.9. The summed E-state index contributed by atoms with van der Waals surface area (Å²) in [5, 5.41) is 80.6. The van der Waals surface area contributed by atoms with Gasteiger partial charge < -0.3 is 4.74 Å². The van der Waals surface area contributed by atoms with E-state index >= 15 is 0 Å². The van der Waals surface area contributed by atoms with Crippen LogP contribution in [0.1, 0.15) is 51.4 Å². The first-order chi connectivity index (χ1) is 35.1. The molecule has 0 bridgehead atoms. The van der Waals surface area contributed by atoms with E-state index in [2.05, 4.69) is 31.2 Å². The van der Waals surface area contributed by atoms with E-state index in [9.17, 15) is 4.79 Å². The van der Waals surface area contributed by atoms with E-state index in [0.29, 0.717) is 0 Å². The summed E-state index contributed by atoms with van der Waals surface area (Å²) < 4.78 is 7.82. The second-order valence-electron chi connectivity index (χ2n) is 25.6. The molecule has 71 heavy (non-hydrogen) atoms. The standard InChI is InChI=1S/C69H10O2/c1-7-3-5-9(6-4-7)68-62-54-45-38-25-18-12-13-15-11-10-14(12)23(25)29-27-16(10)20-17(11)28-30-24(15)26-19(13)22-21(18)32-40-33(22)42-39(26)46-44(30)48-35(28)37-31(20)36-34(27)47(43(29)45)58(62)60-49(36)50(37)61-59(48)63-55(46)52(42)57-53(40)56(51(54)41(32)38)64(68)66(57)69(63,71-8(2)70)67(61)65(60)68/h3-6H,1-2H3. The van der Waals surface area contributed by atoms with Gasteiger partial charge in [-0.3, -0.25) is 4.79 Å². The summed E-state index contributed by atoms with van der Waals surface area (Å²) in [6.07, 6.45) is 0. The number of carbonyl (C=O) groups is 1. The number of carbonyl (C=O) groups excluding carboxylic acids is 1. The molecule has 5 aliphatic carbocycles. The Hall–Kier alpha value is -8.85. The third kappa shape index (κ3) is 1.45. The van der Waals surface area contributed by atoms with Crippen LogP contribution in [0.15, 0.2) is 24.3 Å². The maximum atomic E-state index is 15.0. The first-order valence-electron chi connectivity index (χ1n) is 26.2. The fourth-order valence-corrected chi connectivity index (χ4v) is 24.8. The zero-order valence-electron chi connectivity index (χ0n) is 36.6. The van der Waals surface area contributed by atoms with Gasteiger partial charge in [-0.25, -0.2) is 0 Å². The number of aryl methyl sites for hydroxylation is 1. The molecule has 298 valence electrons. The third-order valence-corrected chi connectivity index (χ3v) is 25.0. The van der Waals surface area contributed by atoms with Crippen LogP contribution in [0, 0.1) is 6.92 Å². The first kappa shape index (κ1) is 26.8. The fraction of sp³-hybridized carbons (Fsp3) is 0.0580. The first-order valence-corrected chi connectivity index (χ1v) is 26.2. The van der Waals surface area contributed by atoms with Gasteiger partial charge >= 0.3 is 5.97 Å². The molecule has 0 amide bonds. The van der Waals surface area contributed by atoms with Crippen molar-refractivity contribution in [1.82, 2.24) is 0 Å². The number of hydrogen-bond acceptors (Lipinski definition) is 2. The van der Waals surface area contributed by atoms with Gasteiger partial charge in [0, 0.05) is 29.0 Å². The highest BCUT2D eigenvalue weighted by atomic mass is 16.6. The second kappa shape index (κ2) is 6.06. The molecule has 2 unspecified atom stereocenters. The van der Waals surface area contributed by atoms with Crippen LogP contribution in [-0.2, 0) is 20.5 Å². The molecule has 0 radical (unpaired) electrons. The van der Waals surface area contributed by atoms with Crippen LogP contribution in [0.4, 0.5) is 0 Å². The van der Waals surface area contributed by atoms with Crippen molar-refractivity contribution in [1.29, 1.82) is 0 Å².